The van der Waals surface area contributed by atoms with Gasteiger partial charge in [-0.1, -0.05) is 19.4 Å². The van der Waals surface area contributed by atoms with Crippen molar-refractivity contribution in [2.75, 3.05) is 0 Å². The first-order valence-electron chi connectivity index (χ1n) is 3.72. The first kappa shape index (κ1) is 10.7. The van der Waals surface area contributed by atoms with Crippen molar-refractivity contribution in [3.8, 4) is 0 Å². The van der Waals surface area contributed by atoms with Crippen molar-refractivity contribution < 1.29 is 19.8 Å². The smallest absolute Gasteiger partial charge is 0.331 e. The maximum absolute atomic E-state index is 10.4. The Morgan fingerprint density at radius 2 is 1.92 bits per heavy atom. The summed E-state index contributed by atoms with van der Waals surface area (Å²) < 4.78 is 0. The largest absolute Gasteiger partial charge is 0.481 e. The number of carbonyl (C=O) groups is 2. The molecule has 0 aliphatic carbocycles. The molecule has 0 aliphatic heterocycles. The molecule has 12 heavy (non-hydrogen) atoms. The van der Waals surface area contributed by atoms with Gasteiger partial charge in [0.2, 0.25) is 0 Å². The van der Waals surface area contributed by atoms with E-state index in [1.807, 2.05) is 6.92 Å². The normalized spacial score (nSPS) is 11.2. The highest BCUT2D eigenvalue weighted by Gasteiger charge is 2.10. The lowest BCUT2D eigenvalue weighted by Gasteiger charge is -1.96. The summed E-state index contributed by atoms with van der Waals surface area (Å²) in [6.45, 7) is 1.90. The molecule has 0 radical (unpaired) electrons. The number of unbranched alkanes of at least 4 members (excludes halogenated alkanes) is 1. The Morgan fingerprint density at radius 3 is 2.25 bits per heavy atom. The quantitative estimate of drug-likeness (QED) is 0.612. The van der Waals surface area contributed by atoms with E-state index in [1.54, 1.807) is 0 Å². The van der Waals surface area contributed by atoms with Gasteiger partial charge >= 0.3 is 11.9 Å². The molecule has 0 unspecified atom stereocenters. The maximum atomic E-state index is 10.4. The second-order valence-corrected chi connectivity index (χ2v) is 2.39. The third kappa shape index (κ3) is 4.49. The van der Waals surface area contributed by atoms with Crippen LogP contribution < -0.4 is 0 Å². The summed E-state index contributed by atoms with van der Waals surface area (Å²) in [7, 11) is 0. The molecule has 0 aromatic heterocycles. The molecule has 2 N–H and O–H groups in total. The molecule has 4 nitrogen and oxygen atoms in total. The van der Waals surface area contributed by atoms with E-state index in [0.29, 0.717) is 6.42 Å². The molecule has 0 heterocycles. The topological polar surface area (TPSA) is 74.6 Å². The second kappa shape index (κ2) is 5.35. The summed E-state index contributed by atoms with van der Waals surface area (Å²) in [5, 5.41) is 16.8. The molecule has 0 aliphatic rings. The Bertz CT molecular complexity index is 205. The van der Waals surface area contributed by atoms with Gasteiger partial charge in [-0.05, 0) is 6.42 Å². The van der Waals surface area contributed by atoms with Crippen molar-refractivity contribution in [2.45, 2.75) is 26.2 Å². The zero-order valence-corrected chi connectivity index (χ0v) is 6.91. The minimum Gasteiger partial charge on any atom is -0.481 e. The summed E-state index contributed by atoms with van der Waals surface area (Å²) in [6.07, 6.45) is 2.47. The minimum atomic E-state index is -1.15. The van der Waals surface area contributed by atoms with Crippen LogP contribution in [0.15, 0.2) is 11.6 Å². The number of hydrogen-bond donors (Lipinski definition) is 2. The SMILES string of the molecule is CCC/C=C(/CC(=O)O)C(=O)O. The van der Waals surface area contributed by atoms with E-state index in [1.165, 1.54) is 6.08 Å². The van der Waals surface area contributed by atoms with Crippen molar-refractivity contribution in [3.05, 3.63) is 11.6 Å². The fourth-order valence-corrected chi connectivity index (χ4v) is 0.717. The minimum absolute atomic E-state index is 0.0376. The van der Waals surface area contributed by atoms with E-state index in [-0.39, 0.29) is 5.57 Å². The first-order chi connectivity index (χ1) is 5.57. The van der Waals surface area contributed by atoms with Gasteiger partial charge in [0.1, 0.15) is 0 Å². The lowest BCUT2D eigenvalue weighted by molar-refractivity contribution is -0.139. The molecule has 0 saturated heterocycles. The molecule has 0 aromatic carbocycles. The van der Waals surface area contributed by atoms with Crippen LogP contribution in [-0.2, 0) is 9.59 Å². The van der Waals surface area contributed by atoms with Gasteiger partial charge in [-0.15, -0.1) is 0 Å². The summed E-state index contributed by atoms with van der Waals surface area (Å²) >= 11 is 0. The van der Waals surface area contributed by atoms with Crippen LogP contribution in [0.25, 0.3) is 0 Å². The number of carboxylic acids is 2. The highest BCUT2D eigenvalue weighted by atomic mass is 16.4. The van der Waals surface area contributed by atoms with Gasteiger partial charge in [-0.2, -0.15) is 0 Å². The van der Waals surface area contributed by atoms with Crippen LogP contribution in [0, 0.1) is 0 Å². The van der Waals surface area contributed by atoms with E-state index in [0.717, 1.165) is 6.42 Å². The molecule has 68 valence electrons. The van der Waals surface area contributed by atoms with Crippen LogP contribution in [0.4, 0.5) is 0 Å². The number of rotatable bonds is 5. The fraction of sp³-hybridized carbons (Fsp3) is 0.500. The molecular weight excluding hydrogens is 160 g/mol. The van der Waals surface area contributed by atoms with E-state index >= 15 is 0 Å². The Hall–Kier alpha value is -1.32. The van der Waals surface area contributed by atoms with Crippen LogP contribution in [0.2, 0.25) is 0 Å². The summed E-state index contributed by atoms with van der Waals surface area (Å²) in [4.78, 5) is 20.6. The van der Waals surface area contributed by atoms with Gasteiger partial charge < -0.3 is 10.2 Å². The summed E-state index contributed by atoms with van der Waals surface area (Å²) in [5.41, 5.74) is -0.0376. The molecule has 0 fully saturated rings. The van der Waals surface area contributed by atoms with Gasteiger partial charge in [-0.25, -0.2) is 4.79 Å². The molecule has 0 saturated carbocycles. The molecule has 0 bridgehead atoms. The van der Waals surface area contributed by atoms with Crippen molar-refractivity contribution >= 4 is 11.9 Å². The van der Waals surface area contributed by atoms with Gasteiger partial charge in [0, 0.05) is 5.57 Å². The molecule has 0 aromatic rings. The number of aliphatic carboxylic acids is 2. The van der Waals surface area contributed by atoms with Gasteiger partial charge in [0.05, 0.1) is 6.42 Å². The van der Waals surface area contributed by atoms with Crippen molar-refractivity contribution in [1.29, 1.82) is 0 Å². The highest BCUT2D eigenvalue weighted by molar-refractivity contribution is 5.91. The van der Waals surface area contributed by atoms with E-state index in [9.17, 15) is 9.59 Å². The Morgan fingerprint density at radius 1 is 1.33 bits per heavy atom. The fourth-order valence-electron chi connectivity index (χ4n) is 0.717. The summed E-state index contributed by atoms with van der Waals surface area (Å²) in [5.74, 6) is -2.26. The summed E-state index contributed by atoms with van der Waals surface area (Å²) in [6, 6.07) is 0. The molecular formula is C8H12O4. The standard InChI is InChI=1S/C8H12O4/c1-2-3-4-6(8(11)12)5-7(9)10/h4H,2-3,5H2,1H3,(H,9,10)(H,11,12)/b6-4-. The Kier molecular flexibility index (Phi) is 4.76. The van der Waals surface area contributed by atoms with Crippen LogP contribution in [0.5, 0.6) is 0 Å². The van der Waals surface area contributed by atoms with Crippen LogP contribution >= 0.6 is 0 Å². The van der Waals surface area contributed by atoms with E-state index in [2.05, 4.69) is 0 Å². The lowest BCUT2D eigenvalue weighted by atomic mass is 10.1. The third-order valence-corrected chi connectivity index (χ3v) is 1.30. The maximum Gasteiger partial charge on any atom is 0.331 e. The predicted molar refractivity (Wildman–Crippen MR) is 42.9 cm³/mol. The zero-order chi connectivity index (χ0) is 9.56. The van der Waals surface area contributed by atoms with Crippen LogP contribution in [0.3, 0.4) is 0 Å². The van der Waals surface area contributed by atoms with E-state index < -0.39 is 18.4 Å². The van der Waals surface area contributed by atoms with Crippen molar-refractivity contribution in [1.82, 2.24) is 0 Å². The number of hydrogen-bond acceptors (Lipinski definition) is 2. The van der Waals surface area contributed by atoms with Crippen LogP contribution in [-0.4, -0.2) is 22.2 Å². The number of allylic oxidation sites excluding steroid dienone is 1. The average molecular weight is 172 g/mol. The molecule has 0 spiro atoms. The predicted octanol–water partition coefficient (Wildman–Crippen LogP) is 1.27. The molecule has 4 heteroatoms. The zero-order valence-electron chi connectivity index (χ0n) is 6.91. The Labute approximate surface area is 70.5 Å². The molecule has 0 amide bonds. The lowest BCUT2D eigenvalue weighted by Crippen LogP contribution is -2.06. The van der Waals surface area contributed by atoms with Crippen molar-refractivity contribution in [3.63, 3.8) is 0 Å². The molecule has 0 rings (SSSR count). The molecule has 0 atom stereocenters. The monoisotopic (exact) mass is 172 g/mol. The third-order valence-electron chi connectivity index (χ3n) is 1.30. The second-order valence-electron chi connectivity index (χ2n) is 2.39. The van der Waals surface area contributed by atoms with Crippen LogP contribution in [0.1, 0.15) is 26.2 Å². The van der Waals surface area contributed by atoms with E-state index in [4.69, 9.17) is 10.2 Å². The van der Waals surface area contributed by atoms with Crippen molar-refractivity contribution in [2.24, 2.45) is 0 Å². The first-order valence-corrected chi connectivity index (χ1v) is 3.72. The number of carboxylic acid groups (broad SMARTS) is 2. The van der Waals surface area contributed by atoms with Gasteiger partial charge in [0.15, 0.2) is 0 Å². The Balaban J connectivity index is 4.22. The van der Waals surface area contributed by atoms with Gasteiger partial charge in [0.25, 0.3) is 0 Å². The average Bonchev–Trinajstić information content (AvgIpc) is 1.96. The highest BCUT2D eigenvalue weighted by Crippen LogP contribution is 2.04. The van der Waals surface area contributed by atoms with Gasteiger partial charge in [-0.3, -0.25) is 4.79 Å².